The van der Waals surface area contributed by atoms with Gasteiger partial charge in [0.15, 0.2) is 0 Å². The molecular weight excluding hydrogens is 368 g/mol. The average Bonchev–Trinajstić information content (AvgIpc) is 3.05. The SMILES string of the molecule is CC(C)[C@H](C)[C@H](O)C[C@@H](C)[C@H]1CCC2C3CC=C4C[C@@H](O)CC[C@]4(C)C3CC[C@@]21C. The standard InChI is InChI=1S/C28H48O2/c1-17(2)19(4)26(30)15-18(3)23-9-10-24-22-8-7-20-16-21(29)11-13-27(20,5)25(22)12-14-28(23,24)6/h7,17-19,21-26,29-30H,8-16H2,1-6H3/t18-,19+,21+,22?,23-,24?,25?,26-,27+,28-/m1/s1. The van der Waals surface area contributed by atoms with E-state index in [1.54, 1.807) is 5.57 Å². The Labute approximate surface area is 185 Å². The second kappa shape index (κ2) is 8.22. The van der Waals surface area contributed by atoms with Crippen molar-refractivity contribution in [3.05, 3.63) is 11.6 Å². The van der Waals surface area contributed by atoms with E-state index in [1.807, 2.05) is 0 Å². The third kappa shape index (κ3) is 3.62. The number of hydrogen-bond donors (Lipinski definition) is 2. The van der Waals surface area contributed by atoms with Crippen molar-refractivity contribution in [3.63, 3.8) is 0 Å². The first-order valence-electron chi connectivity index (χ1n) is 13.1. The molecule has 4 aliphatic carbocycles. The summed E-state index contributed by atoms with van der Waals surface area (Å²) in [4.78, 5) is 0. The van der Waals surface area contributed by atoms with Gasteiger partial charge in [-0.25, -0.2) is 0 Å². The second-order valence-electron chi connectivity index (χ2n) is 12.8. The average molecular weight is 417 g/mol. The van der Waals surface area contributed by atoms with Crippen molar-refractivity contribution in [2.75, 3.05) is 0 Å². The van der Waals surface area contributed by atoms with Gasteiger partial charge in [-0.2, -0.15) is 0 Å². The Hall–Kier alpha value is -0.340. The lowest BCUT2D eigenvalue weighted by Crippen LogP contribution is -2.51. The maximum Gasteiger partial charge on any atom is 0.0577 e. The Balaban J connectivity index is 1.50. The van der Waals surface area contributed by atoms with E-state index in [0.29, 0.717) is 28.6 Å². The largest absolute Gasteiger partial charge is 0.393 e. The highest BCUT2D eigenvalue weighted by atomic mass is 16.3. The quantitative estimate of drug-likeness (QED) is 0.495. The van der Waals surface area contributed by atoms with E-state index in [4.69, 9.17) is 0 Å². The van der Waals surface area contributed by atoms with Crippen molar-refractivity contribution in [2.45, 2.75) is 112 Å². The van der Waals surface area contributed by atoms with Crippen LogP contribution in [0.25, 0.3) is 0 Å². The molecule has 0 bridgehead atoms. The fraction of sp³-hybridized carbons (Fsp3) is 0.929. The summed E-state index contributed by atoms with van der Waals surface area (Å²) in [5.41, 5.74) is 2.38. The van der Waals surface area contributed by atoms with E-state index in [0.717, 1.165) is 42.9 Å². The fourth-order valence-electron chi connectivity index (χ4n) is 8.82. The molecule has 0 spiro atoms. The van der Waals surface area contributed by atoms with Crippen LogP contribution in [0.4, 0.5) is 0 Å². The predicted octanol–water partition coefficient (Wildman–Crippen LogP) is 6.61. The number of rotatable bonds is 5. The van der Waals surface area contributed by atoms with E-state index in [9.17, 15) is 10.2 Å². The minimum atomic E-state index is -0.160. The van der Waals surface area contributed by atoms with E-state index in [2.05, 4.69) is 47.6 Å². The van der Waals surface area contributed by atoms with Crippen LogP contribution >= 0.6 is 0 Å². The maximum atomic E-state index is 10.8. The first-order chi connectivity index (χ1) is 14.1. The summed E-state index contributed by atoms with van der Waals surface area (Å²) in [6.07, 6.45) is 13.1. The summed E-state index contributed by atoms with van der Waals surface area (Å²) >= 11 is 0. The predicted molar refractivity (Wildman–Crippen MR) is 125 cm³/mol. The minimum absolute atomic E-state index is 0.105. The number of aliphatic hydroxyl groups is 2. The Bertz CT molecular complexity index is 653. The van der Waals surface area contributed by atoms with Crippen LogP contribution in [0.15, 0.2) is 11.6 Å². The van der Waals surface area contributed by atoms with Crippen LogP contribution in [-0.4, -0.2) is 22.4 Å². The molecule has 2 heteroatoms. The molecule has 4 aliphatic rings. The van der Waals surface area contributed by atoms with Gasteiger partial charge in [0.05, 0.1) is 12.2 Å². The molecule has 0 aromatic rings. The number of aliphatic hydroxyl groups excluding tert-OH is 2. The molecule has 30 heavy (non-hydrogen) atoms. The highest BCUT2D eigenvalue weighted by Crippen LogP contribution is 2.67. The van der Waals surface area contributed by atoms with Crippen molar-refractivity contribution in [1.82, 2.24) is 0 Å². The summed E-state index contributed by atoms with van der Waals surface area (Å²) in [5, 5.41) is 21.1. The van der Waals surface area contributed by atoms with Crippen molar-refractivity contribution in [3.8, 4) is 0 Å². The molecule has 10 atom stereocenters. The summed E-state index contributed by atoms with van der Waals surface area (Å²) in [5.74, 6) is 4.83. The van der Waals surface area contributed by atoms with E-state index >= 15 is 0 Å². The van der Waals surface area contributed by atoms with Crippen molar-refractivity contribution in [2.24, 2.45) is 52.3 Å². The summed E-state index contributed by atoms with van der Waals surface area (Å²) < 4.78 is 0. The molecule has 0 amide bonds. The van der Waals surface area contributed by atoms with E-state index < -0.39 is 0 Å². The number of fused-ring (bicyclic) bond motifs is 5. The molecule has 0 aliphatic heterocycles. The zero-order valence-electron chi connectivity index (χ0n) is 20.5. The van der Waals surface area contributed by atoms with Gasteiger partial charge in [0.2, 0.25) is 0 Å². The minimum Gasteiger partial charge on any atom is -0.393 e. The smallest absolute Gasteiger partial charge is 0.0577 e. The van der Waals surface area contributed by atoms with Gasteiger partial charge in [-0.1, -0.05) is 53.2 Å². The topological polar surface area (TPSA) is 40.5 Å². The molecule has 172 valence electrons. The third-order valence-electron chi connectivity index (χ3n) is 11.1. The van der Waals surface area contributed by atoms with Gasteiger partial charge in [-0.3, -0.25) is 0 Å². The molecule has 0 aromatic carbocycles. The number of hydrogen-bond acceptors (Lipinski definition) is 2. The van der Waals surface area contributed by atoms with Gasteiger partial charge in [0.1, 0.15) is 0 Å². The van der Waals surface area contributed by atoms with Gasteiger partial charge >= 0.3 is 0 Å². The van der Waals surface area contributed by atoms with Gasteiger partial charge < -0.3 is 10.2 Å². The molecule has 0 radical (unpaired) electrons. The molecule has 2 N–H and O–H groups in total. The van der Waals surface area contributed by atoms with Gasteiger partial charge in [0.25, 0.3) is 0 Å². The molecule has 4 rings (SSSR count). The molecule has 3 saturated carbocycles. The molecule has 2 nitrogen and oxygen atoms in total. The summed E-state index contributed by atoms with van der Waals surface area (Å²) in [6, 6.07) is 0. The van der Waals surface area contributed by atoms with Crippen LogP contribution in [0.5, 0.6) is 0 Å². The van der Waals surface area contributed by atoms with Crippen LogP contribution in [0.3, 0.4) is 0 Å². The van der Waals surface area contributed by atoms with Crippen LogP contribution < -0.4 is 0 Å². The lowest BCUT2D eigenvalue weighted by molar-refractivity contribution is -0.0609. The summed E-state index contributed by atoms with van der Waals surface area (Å²) in [7, 11) is 0. The number of allylic oxidation sites excluding steroid dienone is 1. The maximum absolute atomic E-state index is 10.8. The highest BCUT2D eigenvalue weighted by molar-refractivity contribution is 5.25. The Morgan fingerprint density at radius 3 is 2.43 bits per heavy atom. The fourth-order valence-corrected chi connectivity index (χ4v) is 8.82. The summed E-state index contributed by atoms with van der Waals surface area (Å²) in [6.45, 7) is 14.3. The van der Waals surface area contributed by atoms with E-state index in [-0.39, 0.29) is 12.2 Å². The highest BCUT2D eigenvalue weighted by Gasteiger charge is 2.59. The molecule has 0 saturated heterocycles. The molecule has 3 fully saturated rings. The van der Waals surface area contributed by atoms with Gasteiger partial charge in [-0.15, -0.1) is 0 Å². The molecule has 3 unspecified atom stereocenters. The monoisotopic (exact) mass is 416 g/mol. The Morgan fingerprint density at radius 2 is 1.73 bits per heavy atom. The van der Waals surface area contributed by atoms with E-state index in [1.165, 1.54) is 38.5 Å². The van der Waals surface area contributed by atoms with Crippen LogP contribution in [0.1, 0.15) is 99.3 Å². The van der Waals surface area contributed by atoms with Crippen LogP contribution in [0, 0.1) is 52.3 Å². The first-order valence-corrected chi connectivity index (χ1v) is 13.1. The van der Waals surface area contributed by atoms with Crippen molar-refractivity contribution in [1.29, 1.82) is 0 Å². The lowest BCUT2D eigenvalue weighted by atomic mass is 9.47. The van der Waals surface area contributed by atoms with Crippen LogP contribution in [-0.2, 0) is 0 Å². The normalized spacial score (nSPS) is 46.4. The molecule has 0 aromatic heterocycles. The molecule has 0 heterocycles. The lowest BCUT2D eigenvalue weighted by Gasteiger charge is -2.58. The first kappa shape index (κ1) is 22.8. The Kier molecular flexibility index (Phi) is 6.26. The van der Waals surface area contributed by atoms with Crippen LogP contribution in [0.2, 0.25) is 0 Å². The second-order valence-corrected chi connectivity index (χ2v) is 12.8. The zero-order chi connectivity index (χ0) is 21.8. The van der Waals surface area contributed by atoms with Gasteiger partial charge in [0, 0.05) is 0 Å². The third-order valence-corrected chi connectivity index (χ3v) is 11.1. The van der Waals surface area contributed by atoms with Gasteiger partial charge in [-0.05, 0) is 110 Å². The van der Waals surface area contributed by atoms with Crippen molar-refractivity contribution < 1.29 is 10.2 Å². The molecular formula is C28H48O2. The van der Waals surface area contributed by atoms with Crippen molar-refractivity contribution >= 4 is 0 Å². The Morgan fingerprint density at radius 1 is 1.00 bits per heavy atom. The zero-order valence-corrected chi connectivity index (χ0v) is 20.5.